The topological polar surface area (TPSA) is 95.5 Å². The van der Waals surface area contributed by atoms with Gasteiger partial charge in [-0.3, -0.25) is 0 Å². The molecule has 2 amide bonds. The number of fused-ring (bicyclic) bond motifs is 5. The first kappa shape index (κ1) is 30.6. The molecule has 7 heteroatoms. The minimum atomic E-state index is -3.61. The number of rotatable bonds is 7. The highest BCUT2D eigenvalue weighted by Gasteiger charge is 2.62. The fourth-order valence-electron chi connectivity index (χ4n) is 11.5. The lowest BCUT2D eigenvalue weighted by Gasteiger charge is -2.63. The Bertz CT molecular complexity index is 1010. The quantitative estimate of drug-likeness (QED) is 0.303. The number of sulfonamides is 1. The van der Waals surface area contributed by atoms with Gasteiger partial charge in [0.15, 0.2) is 0 Å². The molecule has 6 nitrogen and oxygen atoms in total. The van der Waals surface area contributed by atoms with Crippen molar-refractivity contribution in [1.29, 1.82) is 0 Å². The summed E-state index contributed by atoms with van der Waals surface area (Å²) in [6.45, 7) is 11.9. The Balaban J connectivity index is 1.21. The van der Waals surface area contributed by atoms with Crippen LogP contribution in [0.1, 0.15) is 131 Å². The zero-order chi connectivity index (χ0) is 28.9. The number of carbonyl (C=O) groups is 1. The summed E-state index contributed by atoms with van der Waals surface area (Å²) in [4.78, 5) is 12.7. The standard InChI is InChI=1S/C33H58N2O4S/c1-6-23-19-26-28-13-12-27(32(28,4)17-15-29(26)33(5)16-14-24(36)20-30(23)33)21(2)18-22(3)34-31(37)35-40(38,39)25-10-8-7-9-11-25/h21-30,36H,6-20H2,1-5H3,(H2,34,35,37)/t21-,22+,23+,24-,26+,27-,28+,29+,30+,32-,33-/m1/s1. The summed E-state index contributed by atoms with van der Waals surface area (Å²) in [5.74, 6) is 4.95. The summed E-state index contributed by atoms with van der Waals surface area (Å²) in [5, 5.41) is 13.1. The van der Waals surface area contributed by atoms with Gasteiger partial charge >= 0.3 is 6.03 Å². The summed E-state index contributed by atoms with van der Waals surface area (Å²) in [6, 6.07) is -0.627. The van der Waals surface area contributed by atoms with Gasteiger partial charge in [0.25, 0.3) is 0 Å². The Morgan fingerprint density at radius 3 is 2.27 bits per heavy atom. The maximum absolute atomic E-state index is 12.7. The van der Waals surface area contributed by atoms with E-state index in [0.717, 1.165) is 62.2 Å². The van der Waals surface area contributed by atoms with E-state index in [1.54, 1.807) is 0 Å². The van der Waals surface area contributed by atoms with Gasteiger partial charge in [-0.25, -0.2) is 17.9 Å². The smallest absolute Gasteiger partial charge is 0.328 e. The Morgan fingerprint density at radius 1 is 0.900 bits per heavy atom. The predicted octanol–water partition coefficient (Wildman–Crippen LogP) is 7.02. The van der Waals surface area contributed by atoms with Gasteiger partial charge < -0.3 is 10.4 Å². The number of carbonyl (C=O) groups excluding carboxylic acids is 1. The number of nitrogens with one attached hydrogen (secondary N) is 2. The lowest BCUT2D eigenvalue weighted by molar-refractivity contribution is -0.152. The first-order valence-electron chi connectivity index (χ1n) is 16.9. The number of hydrogen-bond donors (Lipinski definition) is 3. The van der Waals surface area contributed by atoms with Crippen molar-refractivity contribution in [3.8, 4) is 0 Å². The Labute approximate surface area is 244 Å². The molecule has 0 aromatic carbocycles. The molecule has 0 heterocycles. The van der Waals surface area contributed by atoms with Crippen LogP contribution in [-0.2, 0) is 10.0 Å². The fraction of sp³-hybridized carbons (Fsp3) is 0.970. The number of aliphatic hydroxyl groups is 1. The second kappa shape index (κ2) is 11.7. The molecule has 230 valence electrons. The zero-order valence-electron chi connectivity index (χ0n) is 26.0. The average Bonchev–Trinajstić information content (AvgIpc) is 3.26. The minimum absolute atomic E-state index is 0.0666. The predicted molar refractivity (Wildman–Crippen MR) is 161 cm³/mol. The highest BCUT2D eigenvalue weighted by atomic mass is 32.2. The normalized spacial score (nSPS) is 43.6. The molecule has 5 rings (SSSR count). The van der Waals surface area contributed by atoms with Gasteiger partial charge in [0, 0.05) is 6.04 Å². The molecular formula is C33H58N2O4S. The fourth-order valence-corrected chi connectivity index (χ4v) is 13.0. The van der Waals surface area contributed by atoms with E-state index in [1.807, 2.05) is 6.92 Å². The molecule has 0 saturated heterocycles. The van der Waals surface area contributed by atoms with Gasteiger partial charge in [0.2, 0.25) is 10.0 Å². The molecule has 0 bridgehead atoms. The molecule has 5 aliphatic carbocycles. The summed E-state index contributed by atoms with van der Waals surface area (Å²) in [6.07, 6.45) is 16.0. The van der Waals surface area contributed by atoms with Crippen LogP contribution >= 0.6 is 0 Å². The molecule has 40 heavy (non-hydrogen) atoms. The average molecular weight is 579 g/mol. The highest BCUT2D eigenvalue weighted by Crippen LogP contribution is 2.69. The summed E-state index contributed by atoms with van der Waals surface area (Å²) in [5.41, 5.74) is 0.736. The molecule has 0 spiro atoms. The summed E-state index contributed by atoms with van der Waals surface area (Å²) < 4.78 is 27.8. The Morgan fingerprint density at radius 2 is 1.57 bits per heavy atom. The van der Waals surface area contributed by atoms with E-state index in [-0.39, 0.29) is 12.1 Å². The summed E-state index contributed by atoms with van der Waals surface area (Å²) >= 11 is 0. The second-order valence-electron chi connectivity index (χ2n) is 15.5. The maximum Gasteiger partial charge on any atom is 0.328 e. The Kier molecular flexibility index (Phi) is 8.96. The van der Waals surface area contributed by atoms with Crippen molar-refractivity contribution in [2.75, 3.05) is 0 Å². The van der Waals surface area contributed by atoms with Gasteiger partial charge in [0.1, 0.15) is 0 Å². The van der Waals surface area contributed by atoms with E-state index in [0.29, 0.717) is 41.4 Å². The van der Waals surface area contributed by atoms with E-state index >= 15 is 0 Å². The molecule has 5 saturated carbocycles. The lowest BCUT2D eigenvalue weighted by Crippen LogP contribution is -2.56. The molecule has 11 atom stereocenters. The number of hydrogen-bond acceptors (Lipinski definition) is 4. The molecule has 0 aromatic rings. The largest absolute Gasteiger partial charge is 0.393 e. The van der Waals surface area contributed by atoms with Gasteiger partial charge in [-0.2, -0.15) is 0 Å². The number of urea groups is 1. The van der Waals surface area contributed by atoms with E-state index < -0.39 is 21.3 Å². The van der Waals surface area contributed by atoms with Crippen molar-refractivity contribution in [2.24, 2.45) is 52.3 Å². The van der Waals surface area contributed by atoms with Crippen molar-refractivity contribution in [3.05, 3.63) is 0 Å². The van der Waals surface area contributed by atoms with Crippen LogP contribution in [0.15, 0.2) is 0 Å². The van der Waals surface area contributed by atoms with Crippen LogP contribution in [0.4, 0.5) is 4.79 Å². The van der Waals surface area contributed by atoms with Crippen LogP contribution < -0.4 is 10.0 Å². The van der Waals surface area contributed by atoms with Crippen LogP contribution in [0, 0.1) is 52.3 Å². The maximum atomic E-state index is 12.7. The Hall–Kier alpha value is -0.820. The molecule has 0 unspecified atom stereocenters. The molecule has 5 fully saturated rings. The van der Waals surface area contributed by atoms with Crippen molar-refractivity contribution >= 4 is 16.1 Å². The van der Waals surface area contributed by atoms with Gasteiger partial charge in [-0.05, 0) is 130 Å². The van der Waals surface area contributed by atoms with E-state index in [9.17, 15) is 18.3 Å². The van der Waals surface area contributed by atoms with Crippen molar-refractivity contribution < 1.29 is 18.3 Å². The van der Waals surface area contributed by atoms with E-state index in [2.05, 4.69) is 37.7 Å². The molecule has 3 N–H and O–H groups in total. The van der Waals surface area contributed by atoms with Crippen LogP contribution in [0.5, 0.6) is 0 Å². The minimum Gasteiger partial charge on any atom is -0.393 e. The molecule has 0 aliphatic heterocycles. The van der Waals surface area contributed by atoms with Gasteiger partial charge in [-0.1, -0.05) is 53.4 Å². The third-order valence-electron chi connectivity index (χ3n) is 13.4. The SMILES string of the molecule is CC[C@H]1C[C@@H]2[C@H](CC[C@]3(C)[C@@H]([C@H](C)C[C@H](C)NC(=O)NS(=O)(=O)C4CCCCC4)CC[C@@H]23)[C@@]2(C)CC[C@@H](O)C[C@@H]12. The van der Waals surface area contributed by atoms with Crippen LogP contribution in [0.3, 0.4) is 0 Å². The van der Waals surface area contributed by atoms with Crippen LogP contribution in [0.25, 0.3) is 0 Å². The molecule has 0 aromatic heterocycles. The van der Waals surface area contributed by atoms with Crippen molar-refractivity contribution in [3.63, 3.8) is 0 Å². The first-order valence-corrected chi connectivity index (χ1v) is 18.4. The number of aliphatic hydroxyl groups excluding tert-OH is 1. The van der Waals surface area contributed by atoms with Gasteiger partial charge in [-0.15, -0.1) is 0 Å². The van der Waals surface area contributed by atoms with Crippen LogP contribution in [-0.4, -0.2) is 37.0 Å². The zero-order valence-corrected chi connectivity index (χ0v) is 26.8. The lowest BCUT2D eigenvalue weighted by atomic mass is 9.42. The first-order chi connectivity index (χ1) is 18.9. The van der Waals surface area contributed by atoms with E-state index in [1.165, 1.54) is 44.9 Å². The third-order valence-corrected chi connectivity index (χ3v) is 15.2. The molecule has 0 radical (unpaired) electrons. The monoisotopic (exact) mass is 578 g/mol. The van der Waals surface area contributed by atoms with E-state index in [4.69, 9.17) is 0 Å². The molecule has 5 aliphatic rings. The van der Waals surface area contributed by atoms with Crippen LogP contribution in [0.2, 0.25) is 0 Å². The highest BCUT2D eigenvalue weighted by molar-refractivity contribution is 7.90. The second-order valence-corrected chi connectivity index (χ2v) is 17.5. The van der Waals surface area contributed by atoms with Crippen molar-refractivity contribution in [2.45, 2.75) is 148 Å². The van der Waals surface area contributed by atoms with Gasteiger partial charge in [0.05, 0.1) is 11.4 Å². The number of amides is 2. The summed E-state index contributed by atoms with van der Waals surface area (Å²) in [7, 11) is -3.61. The third kappa shape index (κ3) is 5.61. The van der Waals surface area contributed by atoms with Crippen molar-refractivity contribution in [1.82, 2.24) is 10.0 Å². The molecular weight excluding hydrogens is 520 g/mol.